The average Bonchev–Trinajstić information content (AvgIpc) is 2.37. The summed E-state index contributed by atoms with van der Waals surface area (Å²) < 4.78 is 17.5. The van der Waals surface area contributed by atoms with Gasteiger partial charge in [-0.25, -0.2) is 9.18 Å². The number of aliphatic hydroxyl groups excluding tert-OH is 2. The number of nitro benzene ring substituents is 1. The first-order valence-corrected chi connectivity index (χ1v) is 5.18. The minimum Gasteiger partial charge on any atom is -0.467 e. The molecule has 0 aliphatic carbocycles. The number of aliphatic hydroxyl groups is 2. The Morgan fingerprint density at radius 1 is 1.47 bits per heavy atom. The van der Waals surface area contributed by atoms with Gasteiger partial charge in [-0.2, -0.15) is 0 Å². The lowest BCUT2D eigenvalue weighted by molar-refractivity contribution is -0.385. The van der Waals surface area contributed by atoms with Gasteiger partial charge >= 0.3 is 5.97 Å². The molecule has 2 atom stereocenters. The van der Waals surface area contributed by atoms with Crippen molar-refractivity contribution in [3.05, 3.63) is 39.2 Å². The van der Waals surface area contributed by atoms with Gasteiger partial charge in [0, 0.05) is 5.56 Å². The molecule has 19 heavy (non-hydrogen) atoms. The van der Waals surface area contributed by atoms with Crippen LogP contribution in [-0.2, 0) is 9.53 Å². The second-order valence-corrected chi connectivity index (χ2v) is 3.81. The predicted octanol–water partition coefficient (Wildman–Crippen LogP) is 0.610. The van der Waals surface area contributed by atoms with Crippen LogP contribution in [0.3, 0.4) is 0 Å². The molecule has 2 N–H and O–H groups in total. The number of halogens is 1. The van der Waals surface area contributed by atoms with E-state index in [4.69, 9.17) is 0 Å². The molecule has 1 aromatic rings. The van der Waals surface area contributed by atoms with Crippen molar-refractivity contribution in [2.45, 2.75) is 19.1 Å². The molecule has 0 aromatic heterocycles. The molecule has 7 nitrogen and oxygen atoms in total. The minimum atomic E-state index is -1.95. The first-order chi connectivity index (χ1) is 8.79. The van der Waals surface area contributed by atoms with Crippen LogP contribution in [0.1, 0.15) is 17.2 Å². The fourth-order valence-corrected chi connectivity index (χ4v) is 1.60. The number of rotatable bonds is 4. The zero-order chi connectivity index (χ0) is 14.7. The number of esters is 1. The van der Waals surface area contributed by atoms with Crippen molar-refractivity contribution >= 4 is 11.7 Å². The van der Waals surface area contributed by atoms with Gasteiger partial charge in [0.25, 0.3) is 5.69 Å². The molecule has 1 aromatic carbocycles. The van der Waals surface area contributed by atoms with Gasteiger partial charge in [-0.15, -0.1) is 0 Å². The minimum absolute atomic E-state index is 0.0400. The summed E-state index contributed by atoms with van der Waals surface area (Å²) >= 11 is 0. The summed E-state index contributed by atoms with van der Waals surface area (Å²) in [6, 6.07) is 1.51. The van der Waals surface area contributed by atoms with Crippen molar-refractivity contribution in [3.63, 3.8) is 0 Å². The lowest BCUT2D eigenvalue weighted by Crippen LogP contribution is -2.29. The molecule has 0 saturated heterocycles. The van der Waals surface area contributed by atoms with E-state index in [1.807, 2.05) is 0 Å². The van der Waals surface area contributed by atoms with Gasteiger partial charge < -0.3 is 14.9 Å². The first-order valence-electron chi connectivity index (χ1n) is 5.18. The fourth-order valence-electron chi connectivity index (χ4n) is 1.60. The molecule has 2 unspecified atom stereocenters. The van der Waals surface area contributed by atoms with Crippen LogP contribution in [0.15, 0.2) is 12.1 Å². The number of nitrogens with zero attached hydrogens (tertiary/aromatic N) is 1. The molecule has 8 heteroatoms. The van der Waals surface area contributed by atoms with Crippen molar-refractivity contribution in [1.82, 2.24) is 0 Å². The van der Waals surface area contributed by atoms with E-state index in [1.54, 1.807) is 0 Å². The Balaban J connectivity index is 3.27. The van der Waals surface area contributed by atoms with Crippen LogP contribution >= 0.6 is 0 Å². The van der Waals surface area contributed by atoms with Crippen LogP contribution in [0, 0.1) is 22.9 Å². The van der Waals surface area contributed by atoms with Crippen molar-refractivity contribution in [2.24, 2.45) is 0 Å². The summed E-state index contributed by atoms with van der Waals surface area (Å²) in [6.07, 6.45) is -3.77. The summed E-state index contributed by atoms with van der Waals surface area (Å²) in [5.41, 5.74) is -0.836. The van der Waals surface area contributed by atoms with E-state index >= 15 is 0 Å². The van der Waals surface area contributed by atoms with Gasteiger partial charge in [-0.1, -0.05) is 0 Å². The topological polar surface area (TPSA) is 110 Å². The number of carbonyl (C=O) groups excluding carboxylic acids is 1. The van der Waals surface area contributed by atoms with Crippen molar-refractivity contribution in [2.75, 3.05) is 7.11 Å². The van der Waals surface area contributed by atoms with Gasteiger partial charge in [-0.3, -0.25) is 10.1 Å². The van der Waals surface area contributed by atoms with Gasteiger partial charge in [0.15, 0.2) is 6.10 Å². The van der Waals surface area contributed by atoms with Crippen LogP contribution in [0.25, 0.3) is 0 Å². The van der Waals surface area contributed by atoms with Crippen molar-refractivity contribution in [3.8, 4) is 0 Å². The Kier molecular flexibility index (Phi) is 4.52. The molecule has 0 fully saturated rings. The Hall–Kier alpha value is -2.06. The molecule has 1 rings (SSSR count). The molecule has 0 heterocycles. The van der Waals surface area contributed by atoms with E-state index in [9.17, 15) is 29.5 Å². The van der Waals surface area contributed by atoms with E-state index in [1.165, 1.54) is 6.92 Å². The summed E-state index contributed by atoms with van der Waals surface area (Å²) in [6.45, 7) is 1.28. The summed E-state index contributed by atoms with van der Waals surface area (Å²) in [5, 5.41) is 29.9. The molecule has 0 radical (unpaired) electrons. The van der Waals surface area contributed by atoms with Gasteiger partial charge in [-0.05, 0) is 18.6 Å². The van der Waals surface area contributed by atoms with Gasteiger partial charge in [0.2, 0.25) is 0 Å². The van der Waals surface area contributed by atoms with E-state index in [-0.39, 0.29) is 11.1 Å². The third-order valence-electron chi connectivity index (χ3n) is 2.64. The summed E-state index contributed by atoms with van der Waals surface area (Å²) in [5.74, 6) is -2.08. The standard InChI is InChI=1S/C11H12FNO6/c1-5-7(9(14)10(15)11(16)19-2)3-6(12)4-8(5)13(17)18/h3-4,9-10,14-15H,1-2H3. The second kappa shape index (κ2) is 5.72. The number of carbonyl (C=O) groups is 1. The highest BCUT2D eigenvalue weighted by molar-refractivity contribution is 5.75. The van der Waals surface area contributed by atoms with Crippen LogP contribution in [0.5, 0.6) is 0 Å². The number of hydrogen-bond acceptors (Lipinski definition) is 6. The Bertz CT molecular complexity index is 518. The smallest absolute Gasteiger partial charge is 0.337 e. The van der Waals surface area contributed by atoms with Gasteiger partial charge in [0.1, 0.15) is 11.9 Å². The summed E-state index contributed by atoms with van der Waals surface area (Å²) in [7, 11) is 0.999. The highest BCUT2D eigenvalue weighted by Crippen LogP contribution is 2.29. The monoisotopic (exact) mass is 273 g/mol. The summed E-state index contributed by atoms with van der Waals surface area (Å²) in [4.78, 5) is 21.0. The maximum Gasteiger partial charge on any atom is 0.337 e. The van der Waals surface area contributed by atoms with E-state index in [0.717, 1.165) is 13.2 Å². The Morgan fingerprint density at radius 2 is 2.05 bits per heavy atom. The zero-order valence-corrected chi connectivity index (χ0v) is 10.2. The Labute approximate surface area is 107 Å². The lowest BCUT2D eigenvalue weighted by Gasteiger charge is -2.17. The predicted molar refractivity (Wildman–Crippen MR) is 60.8 cm³/mol. The molecular formula is C11H12FNO6. The quantitative estimate of drug-likeness (QED) is 0.472. The van der Waals surface area contributed by atoms with Crippen molar-refractivity contribution < 1.29 is 29.1 Å². The third kappa shape index (κ3) is 3.04. The molecule has 0 saturated carbocycles. The van der Waals surface area contributed by atoms with Crippen molar-refractivity contribution in [1.29, 1.82) is 0 Å². The van der Waals surface area contributed by atoms with Crippen LogP contribution in [0.2, 0.25) is 0 Å². The fraction of sp³-hybridized carbons (Fsp3) is 0.364. The molecule has 0 amide bonds. The molecule has 0 spiro atoms. The van der Waals surface area contributed by atoms with E-state index in [2.05, 4.69) is 4.74 Å². The average molecular weight is 273 g/mol. The molecule has 0 bridgehead atoms. The third-order valence-corrected chi connectivity index (χ3v) is 2.64. The highest BCUT2D eigenvalue weighted by atomic mass is 19.1. The number of hydrogen-bond donors (Lipinski definition) is 2. The molecule has 0 aliphatic rings. The van der Waals surface area contributed by atoms with Crippen LogP contribution in [-0.4, -0.2) is 34.3 Å². The maximum atomic E-state index is 13.3. The zero-order valence-electron chi connectivity index (χ0n) is 10.2. The number of methoxy groups -OCH3 is 1. The van der Waals surface area contributed by atoms with E-state index in [0.29, 0.717) is 6.07 Å². The second-order valence-electron chi connectivity index (χ2n) is 3.81. The largest absolute Gasteiger partial charge is 0.467 e. The lowest BCUT2D eigenvalue weighted by atomic mass is 9.98. The number of benzene rings is 1. The van der Waals surface area contributed by atoms with Gasteiger partial charge in [0.05, 0.1) is 18.1 Å². The SMILES string of the molecule is COC(=O)C(O)C(O)c1cc(F)cc([N+](=O)[O-])c1C. The Morgan fingerprint density at radius 3 is 2.53 bits per heavy atom. The maximum absolute atomic E-state index is 13.3. The number of nitro groups is 1. The first kappa shape index (κ1) is 15.0. The van der Waals surface area contributed by atoms with Crippen LogP contribution in [0.4, 0.5) is 10.1 Å². The molecule has 0 aliphatic heterocycles. The molecule has 104 valence electrons. The highest BCUT2D eigenvalue weighted by Gasteiger charge is 2.30. The van der Waals surface area contributed by atoms with E-state index < -0.39 is 34.6 Å². The molecular weight excluding hydrogens is 261 g/mol. The van der Waals surface area contributed by atoms with Crippen LogP contribution < -0.4 is 0 Å². The number of ether oxygens (including phenoxy) is 1. The normalized spacial score (nSPS) is 13.7.